The summed E-state index contributed by atoms with van der Waals surface area (Å²) in [6, 6.07) is 22.6. The number of fused-ring (bicyclic) bond motifs is 5. The Hall–Kier alpha value is -4.04. The number of pyridine rings is 1. The van der Waals surface area contributed by atoms with Gasteiger partial charge in [-0.3, -0.25) is 19.1 Å². The third kappa shape index (κ3) is 4.13. The molecule has 0 saturated carbocycles. The van der Waals surface area contributed by atoms with E-state index in [0.29, 0.717) is 18.3 Å². The van der Waals surface area contributed by atoms with E-state index in [2.05, 4.69) is 21.2 Å². The summed E-state index contributed by atoms with van der Waals surface area (Å²) in [6.45, 7) is 2.86. The maximum atomic E-state index is 12.4. The first-order chi connectivity index (χ1) is 17.6. The van der Waals surface area contributed by atoms with Gasteiger partial charge in [-0.1, -0.05) is 54.6 Å². The molecule has 2 aromatic heterocycles. The molecule has 4 aromatic rings. The van der Waals surface area contributed by atoms with Crippen LogP contribution in [0.1, 0.15) is 23.6 Å². The fraction of sp³-hybridized carbons (Fsp3) is 0.286. The predicted molar refractivity (Wildman–Crippen MR) is 136 cm³/mol. The number of azo groups is 1. The molecule has 1 saturated heterocycles. The van der Waals surface area contributed by atoms with Crippen LogP contribution >= 0.6 is 0 Å². The van der Waals surface area contributed by atoms with E-state index in [1.165, 1.54) is 0 Å². The lowest BCUT2D eigenvalue weighted by atomic mass is 9.83. The Balaban J connectivity index is 1.26. The minimum atomic E-state index is -0.366. The van der Waals surface area contributed by atoms with Gasteiger partial charge < -0.3 is 9.67 Å². The van der Waals surface area contributed by atoms with Crippen LogP contribution in [0.25, 0.3) is 10.9 Å². The van der Waals surface area contributed by atoms with Gasteiger partial charge in [0.05, 0.1) is 18.6 Å². The number of carbonyl (C=O) groups excluding carboxylic acids is 1. The van der Waals surface area contributed by atoms with Crippen LogP contribution in [0.2, 0.25) is 0 Å². The lowest BCUT2D eigenvalue weighted by molar-refractivity contribution is -0.117. The summed E-state index contributed by atoms with van der Waals surface area (Å²) in [5.74, 6) is 0.301. The zero-order valence-electron chi connectivity index (χ0n) is 19.8. The Morgan fingerprint density at radius 1 is 0.944 bits per heavy atom. The fourth-order valence-corrected chi connectivity index (χ4v) is 5.74. The molecule has 2 bridgehead atoms. The quantitative estimate of drug-likeness (QED) is 0.427. The van der Waals surface area contributed by atoms with Gasteiger partial charge >= 0.3 is 0 Å². The highest BCUT2D eigenvalue weighted by atomic mass is 16.3. The molecule has 1 N–H and O–H groups in total. The van der Waals surface area contributed by atoms with Crippen molar-refractivity contribution in [2.24, 2.45) is 16.1 Å². The average molecular weight is 482 g/mol. The van der Waals surface area contributed by atoms with Gasteiger partial charge in [-0.05, 0) is 30.0 Å². The highest BCUT2D eigenvalue weighted by molar-refractivity contribution is 5.95. The van der Waals surface area contributed by atoms with Gasteiger partial charge in [0.2, 0.25) is 5.88 Å². The van der Waals surface area contributed by atoms with E-state index in [-0.39, 0.29) is 29.7 Å². The topological polar surface area (TPSA) is 92.2 Å². The van der Waals surface area contributed by atoms with Gasteiger partial charge in [-0.2, -0.15) is 0 Å². The van der Waals surface area contributed by atoms with Crippen molar-refractivity contribution in [1.29, 1.82) is 0 Å². The van der Waals surface area contributed by atoms with Gasteiger partial charge in [0.25, 0.3) is 11.5 Å². The summed E-state index contributed by atoms with van der Waals surface area (Å²) >= 11 is 0. The zero-order chi connectivity index (χ0) is 24.6. The van der Waals surface area contributed by atoms with E-state index >= 15 is 0 Å². The van der Waals surface area contributed by atoms with Gasteiger partial charge in [0, 0.05) is 42.7 Å². The van der Waals surface area contributed by atoms with Crippen molar-refractivity contribution in [1.82, 2.24) is 14.0 Å². The highest BCUT2D eigenvalue weighted by Gasteiger charge is 2.35. The van der Waals surface area contributed by atoms with Crippen molar-refractivity contribution >= 4 is 22.5 Å². The number of hydrogen-bond donors (Lipinski definition) is 1. The number of benzene rings is 2. The Morgan fingerprint density at radius 2 is 1.75 bits per heavy atom. The smallest absolute Gasteiger partial charge is 0.269 e. The van der Waals surface area contributed by atoms with Gasteiger partial charge in [-0.15, -0.1) is 10.2 Å². The summed E-state index contributed by atoms with van der Waals surface area (Å²) in [5.41, 5.74) is 3.18. The summed E-state index contributed by atoms with van der Waals surface area (Å²) in [7, 11) is 0. The average Bonchev–Trinajstić information content (AvgIpc) is 3.14. The molecular weight excluding hydrogens is 454 g/mol. The van der Waals surface area contributed by atoms with Crippen LogP contribution in [-0.2, 0) is 24.4 Å². The molecule has 2 aliphatic heterocycles. The van der Waals surface area contributed by atoms with E-state index in [0.717, 1.165) is 48.2 Å². The van der Waals surface area contributed by atoms with Crippen LogP contribution in [0.4, 0.5) is 5.69 Å². The third-order valence-corrected chi connectivity index (χ3v) is 7.27. The predicted octanol–water partition coefficient (Wildman–Crippen LogP) is 4.44. The molecule has 182 valence electrons. The molecule has 2 aliphatic rings. The monoisotopic (exact) mass is 481 g/mol. The Kier molecular flexibility index (Phi) is 5.73. The Labute approximate surface area is 208 Å². The number of piperidine rings is 1. The van der Waals surface area contributed by atoms with Crippen LogP contribution in [-0.4, -0.2) is 38.1 Å². The molecule has 2 atom stereocenters. The van der Waals surface area contributed by atoms with Crippen LogP contribution in [0.3, 0.4) is 0 Å². The second-order valence-electron chi connectivity index (χ2n) is 9.75. The number of aromatic hydroxyl groups is 1. The van der Waals surface area contributed by atoms with Gasteiger partial charge in [-0.25, -0.2) is 0 Å². The first-order valence-corrected chi connectivity index (χ1v) is 12.3. The third-order valence-electron chi connectivity index (χ3n) is 7.27. The molecule has 0 unspecified atom stereocenters. The molecule has 36 heavy (non-hydrogen) atoms. The van der Waals surface area contributed by atoms with Gasteiger partial charge in [0.15, 0.2) is 5.69 Å². The van der Waals surface area contributed by atoms with Crippen molar-refractivity contribution in [3.05, 3.63) is 94.4 Å². The lowest BCUT2D eigenvalue weighted by Crippen LogP contribution is -2.47. The second-order valence-corrected chi connectivity index (χ2v) is 9.75. The fourth-order valence-electron chi connectivity index (χ4n) is 5.74. The lowest BCUT2D eigenvalue weighted by Gasteiger charge is -2.42. The van der Waals surface area contributed by atoms with Crippen molar-refractivity contribution in [3.63, 3.8) is 0 Å². The Bertz CT molecular complexity index is 1520. The molecule has 0 aliphatic carbocycles. The van der Waals surface area contributed by atoms with Crippen LogP contribution in [0.5, 0.6) is 5.88 Å². The van der Waals surface area contributed by atoms with Crippen molar-refractivity contribution in [2.45, 2.75) is 32.0 Å². The van der Waals surface area contributed by atoms with Crippen molar-refractivity contribution in [3.8, 4) is 5.88 Å². The number of hydrogen-bond acceptors (Lipinski definition) is 5. The largest absolute Gasteiger partial charge is 0.493 e. The molecule has 8 heteroatoms. The van der Waals surface area contributed by atoms with E-state index in [4.69, 9.17) is 0 Å². The molecule has 6 rings (SSSR count). The normalized spacial score (nSPS) is 19.6. The minimum absolute atomic E-state index is 0.000173. The molecular formula is C28H27N5O3. The number of likely N-dealkylation sites (tertiary alicyclic amines) is 1. The molecule has 4 heterocycles. The number of nitrogens with zero attached hydrogens (tertiary/aromatic N) is 5. The van der Waals surface area contributed by atoms with E-state index < -0.39 is 0 Å². The van der Waals surface area contributed by atoms with Crippen LogP contribution in [0, 0.1) is 5.92 Å². The van der Waals surface area contributed by atoms with E-state index in [1.54, 1.807) is 6.07 Å². The van der Waals surface area contributed by atoms with Gasteiger partial charge in [0.1, 0.15) is 0 Å². The minimum Gasteiger partial charge on any atom is -0.493 e. The van der Waals surface area contributed by atoms with Crippen molar-refractivity contribution in [2.75, 3.05) is 13.1 Å². The maximum absolute atomic E-state index is 12.4. The molecule has 8 nitrogen and oxygen atoms in total. The van der Waals surface area contributed by atoms with Crippen LogP contribution < -0.4 is 5.56 Å². The summed E-state index contributed by atoms with van der Waals surface area (Å²) in [4.78, 5) is 27.1. The summed E-state index contributed by atoms with van der Waals surface area (Å²) in [5, 5.41) is 20.0. The summed E-state index contributed by atoms with van der Waals surface area (Å²) in [6.07, 6.45) is 1.23. The van der Waals surface area contributed by atoms with Crippen LogP contribution in [0.15, 0.2) is 87.8 Å². The number of aromatic nitrogens is 2. The summed E-state index contributed by atoms with van der Waals surface area (Å²) < 4.78 is 3.76. The Morgan fingerprint density at radius 3 is 2.61 bits per heavy atom. The first kappa shape index (κ1) is 22.4. The van der Waals surface area contributed by atoms with E-state index in [1.807, 2.05) is 69.8 Å². The molecule has 2 aromatic carbocycles. The van der Waals surface area contributed by atoms with E-state index in [9.17, 15) is 14.7 Å². The molecule has 0 radical (unpaired) electrons. The molecule has 0 spiro atoms. The zero-order valence-corrected chi connectivity index (χ0v) is 19.8. The molecule has 1 fully saturated rings. The number of rotatable bonds is 5. The number of para-hydroxylation sites is 1. The number of amides is 1. The highest BCUT2D eigenvalue weighted by Crippen LogP contribution is 2.40. The number of carbonyl (C=O) groups is 1. The standard InChI is InChI=1S/C28H27N5O3/c34-25(14-19-7-2-1-3-8-19)29-30-27-22-9-4-5-10-24(22)33(28(27)36)18-31-15-20-13-21(17-31)23-11-6-12-26(35)32(23)16-20/h1-12,20-21,36H,13-18H2/t20-,21-/m0/s1. The first-order valence-electron chi connectivity index (χ1n) is 12.3. The SMILES string of the molecule is O=C(Cc1ccccc1)N=Nc1c(O)n(CN2C[C@@H]3C[C@@H](C2)c2cccc(=O)n2C3)c2ccccc12. The maximum Gasteiger partial charge on any atom is 0.269 e. The second kappa shape index (κ2) is 9.20. The molecule has 1 amide bonds. The van der Waals surface area contributed by atoms with Crippen molar-refractivity contribution < 1.29 is 9.90 Å².